The highest BCUT2D eigenvalue weighted by molar-refractivity contribution is 5.40. The maximum Gasteiger partial charge on any atom is 0.115 e. The van der Waals surface area contributed by atoms with Crippen LogP contribution in [0.2, 0.25) is 0 Å². The standard InChI is InChI=1S/C18H24O2/c1-18-9-8-14-13-5-3-12(19)10-11(13)2-4-15(14)16(18)6-7-17(18)20/h3,5,10,14-17,19-20H,2,4,6-9H2,1H3/t14-,15-,16+,17-,18-/m1/s1. The van der Waals surface area contributed by atoms with E-state index in [1.54, 1.807) is 0 Å². The fraction of sp³-hybridized carbons (Fsp3) is 0.667. The molecule has 0 aromatic heterocycles. The van der Waals surface area contributed by atoms with E-state index in [0.29, 0.717) is 17.6 Å². The Labute approximate surface area is 120 Å². The van der Waals surface area contributed by atoms with Crippen LogP contribution >= 0.6 is 0 Å². The van der Waals surface area contributed by atoms with Crippen molar-refractivity contribution in [2.24, 2.45) is 17.3 Å². The van der Waals surface area contributed by atoms with Crippen LogP contribution in [0.25, 0.3) is 0 Å². The number of phenolic OH excluding ortho intramolecular Hbond substituents is 1. The molecule has 0 spiro atoms. The molecule has 4 rings (SSSR count). The summed E-state index contributed by atoms with van der Waals surface area (Å²) in [5.41, 5.74) is 2.99. The van der Waals surface area contributed by atoms with Gasteiger partial charge in [0.05, 0.1) is 6.10 Å². The van der Waals surface area contributed by atoms with E-state index in [1.807, 2.05) is 12.1 Å². The van der Waals surface area contributed by atoms with Crippen LogP contribution < -0.4 is 0 Å². The maximum absolute atomic E-state index is 10.4. The van der Waals surface area contributed by atoms with Gasteiger partial charge >= 0.3 is 0 Å². The highest BCUT2D eigenvalue weighted by Crippen LogP contribution is 2.60. The number of benzene rings is 1. The molecule has 0 amide bonds. The Balaban J connectivity index is 1.71. The van der Waals surface area contributed by atoms with Gasteiger partial charge in [-0.05, 0) is 85.0 Å². The number of hydrogen-bond donors (Lipinski definition) is 2. The smallest absolute Gasteiger partial charge is 0.115 e. The molecule has 1 aromatic rings. The summed E-state index contributed by atoms with van der Waals surface area (Å²) < 4.78 is 0. The van der Waals surface area contributed by atoms with Crippen molar-refractivity contribution in [1.82, 2.24) is 0 Å². The van der Waals surface area contributed by atoms with Crippen molar-refractivity contribution in [2.75, 3.05) is 0 Å². The Morgan fingerprint density at radius 2 is 2.00 bits per heavy atom. The molecule has 20 heavy (non-hydrogen) atoms. The van der Waals surface area contributed by atoms with Crippen molar-refractivity contribution in [3.05, 3.63) is 29.3 Å². The Bertz CT molecular complexity index is 538. The molecule has 5 atom stereocenters. The molecule has 2 nitrogen and oxygen atoms in total. The lowest BCUT2D eigenvalue weighted by Gasteiger charge is -2.50. The van der Waals surface area contributed by atoms with E-state index in [1.165, 1.54) is 30.4 Å². The zero-order valence-corrected chi connectivity index (χ0v) is 12.2. The van der Waals surface area contributed by atoms with Crippen molar-refractivity contribution >= 4 is 0 Å². The molecule has 2 saturated carbocycles. The molecule has 108 valence electrons. The molecule has 0 bridgehead atoms. The van der Waals surface area contributed by atoms with Crippen LogP contribution in [0.15, 0.2) is 18.2 Å². The molecular formula is C18H24O2. The van der Waals surface area contributed by atoms with Crippen LogP contribution in [0, 0.1) is 17.3 Å². The minimum absolute atomic E-state index is 0.0883. The third-order valence-corrected chi connectivity index (χ3v) is 6.66. The lowest BCUT2D eigenvalue weighted by atomic mass is 9.55. The van der Waals surface area contributed by atoms with E-state index in [0.717, 1.165) is 25.2 Å². The highest BCUT2D eigenvalue weighted by atomic mass is 16.3. The van der Waals surface area contributed by atoms with Crippen LogP contribution in [-0.4, -0.2) is 16.3 Å². The summed E-state index contributed by atoms with van der Waals surface area (Å²) in [5.74, 6) is 2.49. The molecule has 0 heterocycles. The first-order chi connectivity index (χ1) is 9.59. The molecule has 0 aliphatic heterocycles. The normalized spacial score (nSPS) is 42.7. The number of phenols is 1. The van der Waals surface area contributed by atoms with Crippen LogP contribution in [0.4, 0.5) is 0 Å². The quantitative estimate of drug-likeness (QED) is 0.757. The second-order valence-corrected chi connectivity index (χ2v) is 7.44. The first-order valence-corrected chi connectivity index (χ1v) is 8.09. The second kappa shape index (κ2) is 4.24. The van der Waals surface area contributed by atoms with Gasteiger partial charge in [-0.15, -0.1) is 0 Å². The Morgan fingerprint density at radius 1 is 1.15 bits per heavy atom. The molecule has 0 radical (unpaired) electrons. The molecule has 3 aliphatic carbocycles. The fourth-order valence-electron chi connectivity index (χ4n) is 5.54. The number of aryl methyl sites for hydroxylation is 1. The largest absolute Gasteiger partial charge is 0.508 e. The Hall–Kier alpha value is -1.02. The van der Waals surface area contributed by atoms with Crippen LogP contribution in [0.5, 0.6) is 5.75 Å². The number of rotatable bonds is 0. The van der Waals surface area contributed by atoms with Gasteiger partial charge < -0.3 is 10.2 Å². The van der Waals surface area contributed by atoms with E-state index in [4.69, 9.17) is 0 Å². The third-order valence-electron chi connectivity index (χ3n) is 6.66. The van der Waals surface area contributed by atoms with Gasteiger partial charge in [-0.3, -0.25) is 0 Å². The van der Waals surface area contributed by atoms with Crippen molar-refractivity contribution in [3.63, 3.8) is 0 Å². The summed E-state index contributed by atoms with van der Waals surface area (Å²) in [6.07, 6.45) is 6.78. The monoisotopic (exact) mass is 272 g/mol. The SMILES string of the molecule is C[C@@]12CC[C@@H]3c4ccc(O)cc4CC[C@H]3[C@@H]1CC[C@H]2O. The van der Waals surface area contributed by atoms with Gasteiger partial charge in [0, 0.05) is 0 Å². The number of hydrogen-bond acceptors (Lipinski definition) is 2. The highest BCUT2D eigenvalue weighted by Gasteiger charge is 2.54. The van der Waals surface area contributed by atoms with Crippen molar-refractivity contribution in [3.8, 4) is 5.75 Å². The summed E-state index contributed by atoms with van der Waals surface area (Å²) in [6, 6.07) is 5.96. The van der Waals surface area contributed by atoms with Gasteiger partial charge in [0.25, 0.3) is 0 Å². The predicted octanol–water partition coefficient (Wildman–Crippen LogP) is 3.61. The van der Waals surface area contributed by atoms with Crippen LogP contribution in [-0.2, 0) is 6.42 Å². The Kier molecular flexibility index (Phi) is 2.69. The number of aliphatic hydroxyl groups excluding tert-OH is 1. The van der Waals surface area contributed by atoms with Gasteiger partial charge in [0.1, 0.15) is 5.75 Å². The van der Waals surface area contributed by atoms with E-state index in [-0.39, 0.29) is 11.5 Å². The third kappa shape index (κ3) is 1.60. The van der Waals surface area contributed by atoms with Gasteiger partial charge in [-0.25, -0.2) is 0 Å². The predicted molar refractivity (Wildman–Crippen MR) is 78.7 cm³/mol. The number of aromatic hydroxyl groups is 1. The van der Waals surface area contributed by atoms with Crippen molar-refractivity contribution in [2.45, 2.75) is 57.5 Å². The lowest BCUT2D eigenvalue weighted by molar-refractivity contribution is -0.0226. The van der Waals surface area contributed by atoms with E-state index in [9.17, 15) is 10.2 Å². The zero-order valence-electron chi connectivity index (χ0n) is 12.2. The molecule has 3 aliphatic rings. The molecule has 2 heteroatoms. The van der Waals surface area contributed by atoms with Gasteiger partial charge in [0.15, 0.2) is 0 Å². The van der Waals surface area contributed by atoms with Crippen LogP contribution in [0.3, 0.4) is 0 Å². The second-order valence-electron chi connectivity index (χ2n) is 7.44. The molecule has 0 unspecified atom stereocenters. The summed E-state index contributed by atoms with van der Waals surface area (Å²) in [6.45, 7) is 2.32. The van der Waals surface area contributed by atoms with Gasteiger partial charge in [0.2, 0.25) is 0 Å². The molecule has 1 aromatic carbocycles. The summed E-state index contributed by atoms with van der Waals surface area (Å²) in [7, 11) is 0. The number of fused-ring (bicyclic) bond motifs is 5. The molecule has 0 saturated heterocycles. The van der Waals surface area contributed by atoms with Crippen molar-refractivity contribution in [1.29, 1.82) is 0 Å². The minimum Gasteiger partial charge on any atom is -0.508 e. The van der Waals surface area contributed by atoms with Gasteiger partial charge in [-0.2, -0.15) is 0 Å². The zero-order chi connectivity index (χ0) is 13.9. The Morgan fingerprint density at radius 3 is 2.85 bits per heavy atom. The van der Waals surface area contributed by atoms with Gasteiger partial charge in [-0.1, -0.05) is 13.0 Å². The molecule has 2 N–H and O–H groups in total. The minimum atomic E-state index is -0.0883. The average Bonchev–Trinajstić information content (AvgIpc) is 2.74. The lowest BCUT2D eigenvalue weighted by Crippen LogP contribution is -2.43. The molecular weight excluding hydrogens is 248 g/mol. The van der Waals surface area contributed by atoms with E-state index < -0.39 is 0 Å². The molecule has 2 fully saturated rings. The summed E-state index contributed by atoms with van der Waals surface area (Å²) in [4.78, 5) is 0. The van der Waals surface area contributed by atoms with Crippen LogP contribution in [0.1, 0.15) is 56.1 Å². The average molecular weight is 272 g/mol. The number of aliphatic hydroxyl groups is 1. The van der Waals surface area contributed by atoms with E-state index >= 15 is 0 Å². The summed E-state index contributed by atoms with van der Waals surface area (Å²) in [5, 5.41) is 20.0. The first kappa shape index (κ1) is 12.7. The maximum atomic E-state index is 10.4. The summed E-state index contributed by atoms with van der Waals surface area (Å²) >= 11 is 0. The fourth-order valence-corrected chi connectivity index (χ4v) is 5.54. The topological polar surface area (TPSA) is 40.5 Å². The van der Waals surface area contributed by atoms with E-state index in [2.05, 4.69) is 13.0 Å². The first-order valence-electron chi connectivity index (χ1n) is 8.09. The van der Waals surface area contributed by atoms with Crippen molar-refractivity contribution < 1.29 is 10.2 Å².